The Balaban J connectivity index is 2.22. The first kappa shape index (κ1) is 14.4. The third-order valence-corrected chi connectivity index (χ3v) is 3.51. The molecule has 0 unspecified atom stereocenters. The number of hydrogen-bond acceptors (Lipinski definition) is 6. The van der Waals surface area contributed by atoms with E-state index in [4.69, 9.17) is 9.47 Å². The molecule has 7 nitrogen and oxygen atoms in total. The highest BCUT2D eigenvalue weighted by atomic mass is 16.8. The lowest BCUT2D eigenvalue weighted by atomic mass is 9.94. The summed E-state index contributed by atoms with van der Waals surface area (Å²) in [6, 6.07) is -0.414. The lowest BCUT2D eigenvalue weighted by Crippen LogP contribution is -2.62. The Morgan fingerprint density at radius 1 is 1.53 bits per heavy atom. The molecule has 108 valence electrons. The van der Waals surface area contributed by atoms with Gasteiger partial charge in [0.25, 0.3) is 0 Å². The first-order chi connectivity index (χ1) is 8.84. The van der Waals surface area contributed by atoms with Gasteiger partial charge in [0.1, 0.15) is 18.2 Å². The van der Waals surface area contributed by atoms with E-state index in [2.05, 4.69) is 6.58 Å². The molecule has 2 aliphatic rings. The predicted molar refractivity (Wildman–Crippen MR) is 67.3 cm³/mol. The first-order valence-electron chi connectivity index (χ1n) is 6.34. The molecule has 0 saturated carbocycles. The Morgan fingerprint density at radius 3 is 2.74 bits per heavy atom. The average Bonchev–Trinajstić information content (AvgIpc) is 2.60. The van der Waals surface area contributed by atoms with Gasteiger partial charge in [0.05, 0.1) is 6.10 Å². The fourth-order valence-electron chi connectivity index (χ4n) is 2.85. The summed E-state index contributed by atoms with van der Waals surface area (Å²) in [5, 5.41) is 21.0. The molecule has 0 aromatic carbocycles. The van der Waals surface area contributed by atoms with E-state index in [0.29, 0.717) is 13.1 Å². The van der Waals surface area contributed by atoms with Crippen molar-refractivity contribution in [3.05, 3.63) is 22.8 Å². The van der Waals surface area contributed by atoms with Gasteiger partial charge in [-0.15, -0.1) is 6.58 Å². The van der Waals surface area contributed by atoms with E-state index in [1.807, 2.05) is 4.90 Å². The monoisotopic (exact) mass is 272 g/mol. The molecule has 0 spiro atoms. The summed E-state index contributed by atoms with van der Waals surface area (Å²) in [5.41, 5.74) is 0. The molecular weight excluding hydrogens is 252 g/mol. The van der Waals surface area contributed by atoms with Crippen molar-refractivity contribution in [1.29, 1.82) is 0 Å². The predicted octanol–water partition coefficient (Wildman–Crippen LogP) is 0.0143. The number of hydrogen-bond donors (Lipinski definition) is 1. The van der Waals surface area contributed by atoms with Crippen LogP contribution < -0.4 is 0 Å². The van der Waals surface area contributed by atoms with Gasteiger partial charge in [-0.05, 0) is 13.8 Å². The summed E-state index contributed by atoms with van der Waals surface area (Å²) in [5.74, 6) is -0.824. The number of aliphatic hydroxyl groups excluding tert-OH is 1. The van der Waals surface area contributed by atoms with Gasteiger partial charge in [0, 0.05) is 18.0 Å². The van der Waals surface area contributed by atoms with Crippen LogP contribution in [0.1, 0.15) is 13.8 Å². The van der Waals surface area contributed by atoms with Crippen LogP contribution in [0.5, 0.6) is 0 Å². The minimum atomic E-state index is -0.824. The average molecular weight is 272 g/mol. The van der Waals surface area contributed by atoms with Crippen LogP contribution in [0.3, 0.4) is 0 Å². The van der Waals surface area contributed by atoms with Crippen LogP contribution in [-0.4, -0.2) is 64.7 Å². The van der Waals surface area contributed by atoms with Gasteiger partial charge in [-0.3, -0.25) is 15.0 Å². The maximum absolute atomic E-state index is 10.8. The van der Waals surface area contributed by atoms with Gasteiger partial charge in [0.15, 0.2) is 5.79 Å². The molecule has 2 aliphatic heterocycles. The lowest BCUT2D eigenvalue weighted by Gasteiger charge is -2.41. The molecule has 19 heavy (non-hydrogen) atoms. The maximum atomic E-state index is 10.8. The topological polar surface area (TPSA) is 85.1 Å². The van der Waals surface area contributed by atoms with Crippen molar-refractivity contribution in [3.8, 4) is 0 Å². The normalized spacial score (nSPS) is 37.8. The Hall–Kier alpha value is -1.02. The van der Waals surface area contributed by atoms with Crippen molar-refractivity contribution in [3.63, 3.8) is 0 Å². The highest BCUT2D eigenvalue weighted by molar-refractivity contribution is 5.01. The lowest BCUT2D eigenvalue weighted by molar-refractivity contribution is -0.490. The smallest absolute Gasteiger partial charge is 0.221 e. The van der Waals surface area contributed by atoms with E-state index in [9.17, 15) is 15.2 Å². The van der Waals surface area contributed by atoms with Crippen LogP contribution in [0, 0.1) is 10.1 Å². The number of β-amino-alcohol motifs (C(OH)–C–C–N with tert-alkyl or cyclic N) is 1. The van der Waals surface area contributed by atoms with Gasteiger partial charge in [-0.2, -0.15) is 0 Å². The summed E-state index contributed by atoms with van der Waals surface area (Å²) in [7, 11) is 0. The second-order valence-corrected chi connectivity index (χ2v) is 5.46. The van der Waals surface area contributed by atoms with Crippen LogP contribution in [0.25, 0.3) is 0 Å². The molecule has 7 heteroatoms. The number of ether oxygens (including phenoxy) is 2. The van der Waals surface area contributed by atoms with Crippen molar-refractivity contribution >= 4 is 0 Å². The highest BCUT2D eigenvalue weighted by Gasteiger charge is 2.54. The maximum Gasteiger partial charge on any atom is 0.221 e. The number of likely N-dealkylation sites (tertiary alicyclic amines) is 1. The summed E-state index contributed by atoms with van der Waals surface area (Å²) in [6.07, 6.45) is -0.0548. The zero-order valence-corrected chi connectivity index (χ0v) is 11.2. The van der Waals surface area contributed by atoms with Crippen LogP contribution in [0.2, 0.25) is 0 Å². The van der Waals surface area contributed by atoms with Crippen molar-refractivity contribution in [2.45, 2.75) is 44.0 Å². The molecule has 0 amide bonds. The number of aliphatic hydroxyl groups is 1. The number of nitrogens with zero attached hydrogens (tertiary/aromatic N) is 2. The summed E-state index contributed by atoms with van der Waals surface area (Å²) in [4.78, 5) is 12.3. The van der Waals surface area contributed by atoms with Gasteiger partial charge < -0.3 is 14.6 Å². The number of piperidine rings is 1. The van der Waals surface area contributed by atoms with E-state index in [0.717, 1.165) is 0 Å². The van der Waals surface area contributed by atoms with E-state index < -0.39 is 30.1 Å². The molecule has 2 fully saturated rings. The molecule has 2 saturated heterocycles. The standard InChI is InChI=1S/C12H20N2O5/c1-4-5-13-7-9(15)11-10(8(13)6-14(16)17)18-12(2,3)19-11/h4,8-11,15H,1,5-7H2,2-3H3/t8-,9-,10-,11+/m1/s1. The Labute approximate surface area is 111 Å². The molecule has 0 aliphatic carbocycles. The molecule has 2 rings (SSSR count). The number of nitro groups is 1. The second-order valence-electron chi connectivity index (χ2n) is 5.46. The number of fused-ring (bicyclic) bond motifs is 1. The van der Waals surface area contributed by atoms with Crippen molar-refractivity contribution < 1.29 is 19.5 Å². The van der Waals surface area contributed by atoms with Crippen LogP contribution in [0.4, 0.5) is 0 Å². The Kier molecular flexibility index (Phi) is 3.91. The van der Waals surface area contributed by atoms with E-state index in [-0.39, 0.29) is 11.5 Å². The summed E-state index contributed by atoms with van der Waals surface area (Å²) < 4.78 is 11.4. The fraction of sp³-hybridized carbons (Fsp3) is 0.833. The molecule has 0 radical (unpaired) electrons. The van der Waals surface area contributed by atoms with Gasteiger partial charge in [-0.25, -0.2) is 0 Å². The Morgan fingerprint density at radius 2 is 2.16 bits per heavy atom. The van der Waals surface area contributed by atoms with Crippen molar-refractivity contribution in [2.75, 3.05) is 19.6 Å². The minimum Gasteiger partial charge on any atom is -0.389 e. The molecule has 1 N–H and O–H groups in total. The number of rotatable bonds is 4. The zero-order chi connectivity index (χ0) is 14.2. The SMILES string of the molecule is C=CCN1C[C@@H](O)[C@@H]2OC(C)(C)O[C@@H]2[C@H]1C[N+](=O)[O-]. The molecule has 0 bridgehead atoms. The van der Waals surface area contributed by atoms with Gasteiger partial charge in [0.2, 0.25) is 6.54 Å². The second kappa shape index (κ2) is 5.16. The molecular formula is C12H20N2O5. The van der Waals surface area contributed by atoms with Crippen LogP contribution in [-0.2, 0) is 9.47 Å². The third kappa shape index (κ3) is 2.94. The van der Waals surface area contributed by atoms with Gasteiger partial charge >= 0.3 is 0 Å². The van der Waals surface area contributed by atoms with Crippen LogP contribution >= 0.6 is 0 Å². The zero-order valence-electron chi connectivity index (χ0n) is 11.2. The van der Waals surface area contributed by atoms with E-state index in [1.165, 1.54) is 0 Å². The van der Waals surface area contributed by atoms with E-state index >= 15 is 0 Å². The quantitative estimate of drug-likeness (QED) is 0.441. The van der Waals surface area contributed by atoms with Crippen molar-refractivity contribution in [1.82, 2.24) is 4.90 Å². The molecule has 0 aromatic heterocycles. The first-order valence-corrected chi connectivity index (χ1v) is 6.34. The summed E-state index contributed by atoms with van der Waals surface area (Å²) >= 11 is 0. The highest BCUT2D eigenvalue weighted by Crippen LogP contribution is 2.36. The Bertz CT molecular complexity index is 373. The molecule has 2 heterocycles. The fourth-order valence-corrected chi connectivity index (χ4v) is 2.85. The molecule has 0 aromatic rings. The third-order valence-electron chi connectivity index (χ3n) is 3.51. The summed E-state index contributed by atoms with van der Waals surface area (Å²) in [6.45, 7) is 7.70. The van der Waals surface area contributed by atoms with Crippen LogP contribution in [0.15, 0.2) is 12.7 Å². The van der Waals surface area contributed by atoms with Crippen molar-refractivity contribution in [2.24, 2.45) is 0 Å². The van der Waals surface area contributed by atoms with Gasteiger partial charge in [-0.1, -0.05) is 6.08 Å². The largest absolute Gasteiger partial charge is 0.389 e. The molecule has 4 atom stereocenters. The van der Waals surface area contributed by atoms with E-state index in [1.54, 1.807) is 19.9 Å². The minimum absolute atomic E-state index is 0.235.